The normalized spacial score (nSPS) is 39.5. The van der Waals surface area contributed by atoms with Gasteiger partial charge in [-0.1, -0.05) is 248 Å². The van der Waals surface area contributed by atoms with Gasteiger partial charge in [0.1, 0.15) is 17.3 Å². The minimum Gasteiger partial charge on any atom is -0.413 e. The van der Waals surface area contributed by atoms with Gasteiger partial charge in [-0.15, -0.1) is 0 Å². The van der Waals surface area contributed by atoms with Gasteiger partial charge in [0.25, 0.3) is 0 Å². The van der Waals surface area contributed by atoms with Crippen molar-refractivity contribution in [3.05, 3.63) is 24.3 Å². The first-order valence-electron chi connectivity index (χ1n) is 56.3. The van der Waals surface area contributed by atoms with Gasteiger partial charge in [-0.25, -0.2) is 0 Å². The van der Waals surface area contributed by atoms with Gasteiger partial charge in [0.2, 0.25) is 0 Å². The average Bonchev–Trinajstić information content (AvgIpc) is 1.55. The molecule has 14 aliphatic carbocycles. The van der Waals surface area contributed by atoms with Crippen molar-refractivity contribution in [2.45, 2.75) is 534 Å². The monoisotopic (exact) mass is 2040 g/mol. The van der Waals surface area contributed by atoms with Gasteiger partial charge in [0.15, 0.2) is 70.5 Å². The second-order valence-corrected chi connectivity index (χ2v) is 84.1. The number of ketones is 5. The highest BCUT2D eigenvalue weighted by molar-refractivity contribution is 6.76. The van der Waals surface area contributed by atoms with Crippen LogP contribution in [0, 0.1) is 118 Å². The number of hydrogen-bond donors (Lipinski definition) is 1. The predicted molar refractivity (Wildman–Crippen MR) is 583 cm³/mol. The molecule has 0 radical (unpaired) electrons. The molecule has 3 heterocycles. The van der Waals surface area contributed by atoms with Crippen molar-refractivity contribution in [1.82, 2.24) is 0 Å². The molecule has 17 aliphatic rings. The number of Topliss-reactive ketones (excluding diaryl/α,β-unsaturated/α-hetero) is 3. The number of aliphatic hydroxyl groups is 1. The lowest BCUT2D eigenvalue weighted by molar-refractivity contribution is -0.283. The first-order chi connectivity index (χ1) is 63.3. The van der Waals surface area contributed by atoms with Gasteiger partial charge < -0.3 is 55.7 Å². The third-order valence-corrected chi connectivity index (χ3v) is 68.3. The van der Waals surface area contributed by atoms with Crippen LogP contribution in [-0.2, 0) is 74.5 Å². The summed E-state index contributed by atoms with van der Waals surface area (Å²) >= 11 is 0. The van der Waals surface area contributed by atoms with E-state index in [1.165, 1.54) is 19.3 Å². The lowest BCUT2D eigenvalue weighted by atomic mass is 9.54. The van der Waals surface area contributed by atoms with Crippen LogP contribution in [0.5, 0.6) is 0 Å². The third-order valence-electron chi connectivity index (χ3n) is 45.8. The summed E-state index contributed by atoms with van der Waals surface area (Å²) in [6, 6.07) is 0. The Balaban J connectivity index is 0.000000157. The molecular formula is C118H212O17Si5. The van der Waals surface area contributed by atoms with Crippen molar-refractivity contribution in [2.75, 3.05) is 39.6 Å². The Hall–Kier alpha value is -1.57. The fourth-order valence-electron chi connectivity index (χ4n) is 30.4. The van der Waals surface area contributed by atoms with Gasteiger partial charge in [-0.2, -0.15) is 0 Å². The van der Waals surface area contributed by atoms with E-state index >= 15 is 0 Å². The van der Waals surface area contributed by atoms with Gasteiger partial charge in [0.05, 0.1) is 76.3 Å². The Kier molecular flexibility index (Phi) is 33.8. The van der Waals surface area contributed by atoms with E-state index in [-0.39, 0.29) is 138 Å². The number of carbonyl (C=O) groups is 5. The van der Waals surface area contributed by atoms with Crippen molar-refractivity contribution >= 4 is 70.5 Å². The first kappa shape index (κ1) is 119. The number of carbonyl (C=O) groups excluding carboxylic acids is 5. The molecule has 0 aromatic carbocycles. The summed E-state index contributed by atoms with van der Waals surface area (Å²) in [5.41, 5.74) is 0.186. The minimum atomic E-state index is -1.78. The first-order valence-corrected chi connectivity index (χ1v) is 70.8. The van der Waals surface area contributed by atoms with Crippen LogP contribution in [0.15, 0.2) is 24.3 Å². The van der Waals surface area contributed by atoms with E-state index in [0.717, 1.165) is 161 Å². The van der Waals surface area contributed by atoms with Crippen molar-refractivity contribution in [3.8, 4) is 0 Å². The summed E-state index contributed by atoms with van der Waals surface area (Å²) < 4.78 is 70.1. The SMILES string of the molecule is CC1(C)C(=O)C=C[C@]2(C)[C@@H](O[Si](C)(C)C(C)(C)C)CC[C@@H]12.CC1(C)C(=O)CC[C@]2(C)[C@@H](O[Si](C)(C)C(C)(C)C)CC[C@@H]12.CC1(C)[C@@H]2CCC(=O)[C@@]2(C)CCC12OCCO2.CC1(C)[C@@H]2CC[C@H](O)[C@@]2(C)CCC12OCCO2.CC1(C)[C@@H]2CC[C@H](O[Si](C)(C)C(C)(C)C)[C@@]2(C)CCC12OCCO2.C[C@@H]1C(=O)C=C[C@]2(C)[C@@H](O[Si](C)(C)C(C)(C)C)CC[C@@H]12.C[C@@H]1C(=O)CC[C@]2(C)[C@@H](O[Si](C)(C)C(C)(C)C)CC[C@@H]12. The molecular weight excluding hydrogens is 1830 g/mol. The van der Waals surface area contributed by atoms with E-state index in [1.54, 1.807) is 6.08 Å². The van der Waals surface area contributed by atoms with Crippen LogP contribution in [0.2, 0.25) is 90.7 Å². The van der Waals surface area contributed by atoms with Crippen LogP contribution in [0.25, 0.3) is 0 Å². The number of fused-ring (bicyclic) bond motifs is 7. The van der Waals surface area contributed by atoms with E-state index in [1.807, 2.05) is 6.08 Å². The molecule has 22 atom stereocenters. The number of rotatable bonds is 10. The highest BCUT2D eigenvalue weighted by atomic mass is 28.4. The Labute approximate surface area is 860 Å². The second-order valence-electron chi connectivity index (χ2n) is 60.3. The molecule has 15 fully saturated rings. The molecule has 3 spiro atoms. The van der Waals surface area contributed by atoms with Crippen LogP contribution in [0.3, 0.4) is 0 Å². The van der Waals surface area contributed by atoms with E-state index in [0.29, 0.717) is 96.1 Å². The molecule has 1 N–H and O–H groups in total. The third kappa shape index (κ3) is 21.1. The van der Waals surface area contributed by atoms with Crippen molar-refractivity contribution in [3.63, 3.8) is 0 Å². The van der Waals surface area contributed by atoms with Crippen molar-refractivity contribution in [1.29, 1.82) is 0 Å². The summed E-state index contributed by atoms with van der Waals surface area (Å²) in [6.45, 7) is 105. The average molecular weight is 2040 g/mol. The maximum absolute atomic E-state index is 12.3. The molecule has 140 heavy (non-hydrogen) atoms. The molecule has 0 aromatic rings. The fourth-order valence-corrected chi connectivity index (χ4v) is 37.7. The lowest BCUT2D eigenvalue weighted by Gasteiger charge is -2.57. The Morgan fingerprint density at radius 3 is 1.08 bits per heavy atom. The molecule has 0 amide bonds. The smallest absolute Gasteiger partial charge is 0.192 e. The molecule has 0 aromatic heterocycles. The maximum atomic E-state index is 12.3. The van der Waals surface area contributed by atoms with E-state index < -0.39 is 47.4 Å². The van der Waals surface area contributed by atoms with Crippen LogP contribution in [-0.4, -0.2) is 169 Å². The Bertz CT molecular complexity index is 4440. The molecule has 3 aliphatic heterocycles. The summed E-state index contributed by atoms with van der Waals surface area (Å²) in [5, 5.41) is 11.5. The summed E-state index contributed by atoms with van der Waals surface area (Å²) in [6.07, 6.45) is 33.9. The molecule has 12 saturated carbocycles. The molecule has 0 bridgehead atoms. The van der Waals surface area contributed by atoms with Crippen LogP contribution >= 0.6 is 0 Å². The lowest BCUT2D eigenvalue weighted by Crippen LogP contribution is -2.59. The van der Waals surface area contributed by atoms with Gasteiger partial charge in [-0.05, 0) is 281 Å². The van der Waals surface area contributed by atoms with Gasteiger partial charge in [0, 0.05) is 93.7 Å². The summed E-state index contributed by atoms with van der Waals surface area (Å²) in [5.74, 6) is 4.54. The highest BCUT2D eigenvalue weighted by Gasteiger charge is 2.71. The highest BCUT2D eigenvalue weighted by Crippen LogP contribution is 2.70. The topological polar surface area (TPSA) is 207 Å². The van der Waals surface area contributed by atoms with Gasteiger partial charge >= 0.3 is 0 Å². The van der Waals surface area contributed by atoms with Crippen LogP contribution in [0.1, 0.15) is 390 Å². The van der Waals surface area contributed by atoms with Crippen molar-refractivity contribution < 1.29 is 79.6 Å². The largest absolute Gasteiger partial charge is 0.413 e. The summed E-state index contributed by atoms with van der Waals surface area (Å²) in [4.78, 5) is 60.6. The second kappa shape index (κ2) is 39.8. The zero-order valence-electron chi connectivity index (χ0n) is 98.2. The maximum Gasteiger partial charge on any atom is 0.192 e. The molecule has 17 rings (SSSR count). The Morgan fingerprint density at radius 2 is 0.636 bits per heavy atom. The van der Waals surface area contributed by atoms with E-state index in [9.17, 15) is 29.1 Å². The molecule has 3 saturated heterocycles. The molecule has 806 valence electrons. The minimum absolute atomic E-state index is 0.00597. The molecule has 17 nitrogen and oxygen atoms in total. The standard InChI is InChI=1S/C20H38O3Si.C18H34O2Si.C18H32O2Si.C17H32O2Si.C17H30O2Si.C14H24O3.C14H22O3/c1-17(2,3)24(7,8)23-16-10-9-15-18(4,5)20(21-13-14-22-20)12-11-19(15,16)6;2*1-16(2,3)21(7,8)20-15-10-9-13-17(4,5)14(19)11-12-18(13,15)6;2*1-12-13-8-9-15(17(13,5)11-10-14(12)18)19-20(6,7)16(2,3)4;2*1-12(2)10-4-5-11(15)13(10,3)6-7-14(12)16-8-9-17-14/h15-16H,9-14H2,1-8H3;13,15H,9-12H2,1-8H3;11-13,15H,9-10H2,1-8H3;12-13,15H,8-11H2,1-7H3;10-13,15H,8-9H2,1-7H3;10-11,15H,4-9H2,1-3H3;10H,4-9H2,1-3H3/t15-,16-,19-;2*13-,15-,18-;2*12-,13-,15-,17-;10-,11-,13-;10-,13-/m0000000/s1. The molecule has 0 unspecified atom stereocenters. The predicted octanol–water partition coefficient (Wildman–Crippen LogP) is 29.7. The van der Waals surface area contributed by atoms with E-state index in [2.05, 4.69) is 313 Å². The Morgan fingerprint density at radius 1 is 0.307 bits per heavy atom. The van der Waals surface area contributed by atoms with Crippen LogP contribution < -0.4 is 0 Å². The van der Waals surface area contributed by atoms with Crippen molar-refractivity contribution in [2.24, 2.45) is 118 Å². The number of ether oxygens (including phenoxy) is 6. The fraction of sp³-hybridized carbons (Fsp3) is 0.924. The number of hydrogen-bond acceptors (Lipinski definition) is 17. The number of allylic oxidation sites excluding steroid dienone is 2. The van der Waals surface area contributed by atoms with Gasteiger partial charge in [-0.3, -0.25) is 24.0 Å². The van der Waals surface area contributed by atoms with E-state index in [4.69, 9.17) is 50.6 Å². The van der Waals surface area contributed by atoms with Crippen LogP contribution in [0.4, 0.5) is 0 Å². The zero-order chi connectivity index (χ0) is 106. The molecule has 22 heteroatoms. The number of aliphatic hydroxyl groups excluding tert-OH is 1. The zero-order valence-corrected chi connectivity index (χ0v) is 103. The quantitative estimate of drug-likeness (QED) is 0.202. The summed E-state index contributed by atoms with van der Waals surface area (Å²) in [7, 11) is -8.73.